The van der Waals surface area contributed by atoms with Crippen LogP contribution in [0.25, 0.3) is 0 Å². The molecule has 0 spiro atoms. The Morgan fingerprint density at radius 3 is 2.64 bits per heavy atom. The molecule has 0 unspecified atom stereocenters. The van der Waals surface area contributed by atoms with Crippen LogP contribution < -0.4 is 0 Å². The number of oxime groups is 1. The SMILES string of the molecule is CC=CCCC(CCC)=NO. The molecule has 11 heavy (non-hydrogen) atoms. The highest BCUT2D eigenvalue weighted by atomic mass is 16.4. The van der Waals surface area contributed by atoms with Crippen molar-refractivity contribution in [2.24, 2.45) is 5.16 Å². The Labute approximate surface area is 68.6 Å². The van der Waals surface area contributed by atoms with Gasteiger partial charge < -0.3 is 5.21 Å². The van der Waals surface area contributed by atoms with Gasteiger partial charge in [0.1, 0.15) is 0 Å². The van der Waals surface area contributed by atoms with Crippen LogP contribution in [0.4, 0.5) is 0 Å². The van der Waals surface area contributed by atoms with Crippen molar-refractivity contribution in [1.82, 2.24) is 0 Å². The van der Waals surface area contributed by atoms with Gasteiger partial charge in [-0.25, -0.2) is 0 Å². The maximum atomic E-state index is 8.52. The van der Waals surface area contributed by atoms with Gasteiger partial charge in [-0.05, 0) is 26.2 Å². The molecule has 0 fully saturated rings. The summed E-state index contributed by atoms with van der Waals surface area (Å²) in [5.74, 6) is 0. The first-order valence-electron chi connectivity index (χ1n) is 4.16. The van der Waals surface area contributed by atoms with Gasteiger partial charge in [0.2, 0.25) is 0 Å². The number of nitrogens with zero attached hydrogens (tertiary/aromatic N) is 1. The average molecular weight is 155 g/mol. The second-order valence-corrected chi connectivity index (χ2v) is 2.52. The van der Waals surface area contributed by atoms with Crippen molar-refractivity contribution in [3.63, 3.8) is 0 Å². The quantitative estimate of drug-likeness (QED) is 0.281. The van der Waals surface area contributed by atoms with Gasteiger partial charge in [0.15, 0.2) is 0 Å². The van der Waals surface area contributed by atoms with E-state index in [1.165, 1.54) is 0 Å². The number of hydrogen-bond acceptors (Lipinski definition) is 2. The minimum atomic E-state index is 0.884. The van der Waals surface area contributed by atoms with E-state index in [0.29, 0.717) is 0 Å². The molecule has 0 aliphatic heterocycles. The van der Waals surface area contributed by atoms with E-state index < -0.39 is 0 Å². The van der Waals surface area contributed by atoms with Gasteiger partial charge >= 0.3 is 0 Å². The van der Waals surface area contributed by atoms with Gasteiger partial charge in [-0.2, -0.15) is 0 Å². The highest BCUT2D eigenvalue weighted by molar-refractivity contribution is 5.83. The molecule has 0 saturated carbocycles. The predicted octanol–water partition coefficient (Wildman–Crippen LogP) is 2.97. The van der Waals surface area contributed by atoms with E-state index in [4.69, 9.17) is 5.21 Å². The first kappa shape index (κ1) is 10.2. The molecule has 0 bridgehead atoms. The van der Waals surface area contributed by atoms with E-state index in [9.17, 15) is 0 Å². The summed E-state index contributed by atoms with van der Waals surface area (Å²) in [4.78, 5) is 0. The van der Waals surface area contributed by atoms with Crippen molar-refractivity contribution in [2.75, 3.05) is 0 Å². The lowest BCUT2D eigenvalue weighted by atomic mass is 10.1. The molecular weight excluding hydrogens is 138 g/mol. The van der Waals surface area contributed by atoms with Crippen LogP contribution in [0.3, 0.4) is 0 Å². The van der Waals surface area contributed by atoms with Crippen LogP contribution in [0.1, 0.15) is 39.5 Å². The van der Waals surface area contributed by atoms with E-state index in [1.54, 1.807) is 0 Å². The minimum Gasteiger partial charge on any atom is -0.411 e. The largest absolute Gasteiger partial charge is 0.411 e. The fourth-order valence-corrected chi connectivity index (χ4v) is 0.930. The summed E-state index contributed by atoms with van der Waals surface area (Å²) >= 11 is 0. The summed E-state index contributed by atoms with van der Waals surface area (Å²) in [6, 6.07) is 0. The fourth-order valence-electron chi connectivity index (χ4n) is 0.930. The molecular formula is C9H17NO. The van der Waals surface area contributed by atoms with Gasteiger partial charge in [0, 0.05) is 0 Å². The molecule has 0 aliphatic carbocycles. The van der Waals surface area contributed by atoms with Crippen molar-refractivity contribution >= 4 is 5.71 Å². The van der Waals surface area contributed by atoms with Crippen LogP contribution in [0.5, 0.6) is 0 Å². The highest BCUT2D eigenvalue weighted by Crippen LogP contribution is 2.00. The molecule has 0 atom stereocenters. The molecule has 0 aromatic heterocycles. The maximum Gasteiger partial charge on any atom is 0.0573 e. The topological polar surface area (TPSA) is 32.6 Å². The Hall–Kier alpha value is -0.790. The lowest BCUT2D eigenvalue weighted by Crippen LogP contribution is -1.96. The second kappa shape index (κ2) is 7.32. The van der Waals surface area contributed by atoms with E-state index in [1.807, 2.05) is 13.0 Å². The van der Waals surface area contributed by atoms with Gasteiger partial charge in [-0.15, -0.1) is 0 Å². The van der Waals surface area contributed by atoms with Gasteiger partial charge in [0.25, 0.3) is 0 Å². The van der Waals surface area contributed by atoms with Crippen molar-refractivity contribution in [3.05, 3.63) is 12.2 Å². The molecule has 2 heteroatoms. The Balaban J connectivity index is 3.53. The third-order valence-electron chi connectivity index (χ3n) is 1.52. The van der Waals surface area contributed by atoms with Crippen molar-refractivity contribution < 1.29 is 5.21 Å². The smallest absolute Gasteiger partial charge is 0.0573 e. The summed E-state index contributed by atoms with van der Waals surface area (Å²) in [7, 11) is 0. The Morgan fingerprint density at radius 2 is 2.18 bits per heavy atom. The van der Waals surface area contributed by atoms with Crippen LogP contribution in [0.15, 0.2) is 17.3 Å². The van der Waals surface area contributed by atoms with E-state index in [-0.39, 0.29) is 0 Å². The van der Waals surface area contributed by atoms with Crippen molar-refractivity contribution in [2.45, 2.75) is 39.5 Å². The predicted molar refractivity (Wildman–Crippen MR) is 48.2 cm³/mol. The molecule has 0 saturated heterocycles. The Bertz CT molecular complexity index is 138. The zero-order valence-electron chi connectivity index (χ0n) is 7.38. The van der Waals surface area contributed by atoms with Gasteiger partial charge in [-0.3, -0.25) is 0 Å². The fraction of sp³-hybridized carbons (Fsp3) is 0.667. The Kier molecular flexibility index (Phi) is 6.79. The number of hydrogen-bond donors (Lipinski definition) is 1. The zero-order valence-corrected chi connectivity index (χ0v) is 7.38. The van der Waals surface area contributed by atoms with E-state index >= 15 is 0 Å². The van der Waals surface area contributed by atoms with Crippen molar-refractivity contribution in [1.29, 1.82) is 0 Å². The molecule has 0 radical (unpaired) electrons. The first-order chi connectivity index (χ1) is 5.35. The van der Waals surface area contributed by atoms with Gasteiger partial charge in [0.05, 0.1) is 5.71 Å². The van der Waals surface area contributed by atoms with Crippen molar-refractivity contribution in [3.8, 4) is 0 Å². The maximum absolute atomic E-state index is 8.52. The standard InChI is InChI=1S/C9H17NO/c1-3-5-6-8-9(10-11)7-4-2/h3,5,11H,4,6-8H2,1-2H3. The van der Waals surface area contributed by atoms with Gasteiger partial charge in [-0.1, -0.05) is 30.7 Å². The molecule has 0 aliphatic rings. The molecule has 0 aromatic rings. The Morgan fingerprint density at radius 1 is 1.45 bits per heavy atom. The summed E-state index contributed by atoms with van der Waals surface area (Å²) in [6.07, 6.45) is 7.93. The molecule has 2 nitrogen and oxygen atoms in total. The third kappa shape index (κ3) is 5.64. The lowest BCUT2D eigenvalue weighted by Gasteiger charge is -1.98. The molecule has 1 N–H and O–H groups in total. The zero-order chi connectivity index (χ0) is 8.53. The second-order valence-electron chi connectivity index (χ2n) is 2.52. The van der Waals surface area contributed by atoms with Crippen LogP contribution in [-0.2, 0) is 0 Å². The molecule has 0 aromatic carbocycles. The van der Waals surface area contributed by atoms with E-state index in [2.05, 4.69) is 18.2 Å². The summed E-state index contributed by atoms with van der Waals surface area (Å²) in [5, 5.41) is 11.8. The van der Waals surface area contributed by atoms with Crippen LogP contribution in [0.2, 0.25) is 0 Å². The van der Waals surface area contributed by atoms with E-state index in [0.717, 1.165) is 31.4 Å². The minimum absolute atomic E-state index is 0.884. The monoisotopic (exact) mass is 155 g/mol. The average Bonchev–Trinajstić information content (AvgIpc) is 2.03. The number of allylic oxidation sites excluding steroid dienone is 2. The number of rotatable bonds is 5. The molecule has 64 valence electrons. The van der Waals surface area contributed by atoms with Crippen LogP contribution in [-0.4, -0.2) is 10.9 Å². The highest BCUT2D eigenvalue weighted by Gasteiger charge is 1.95. The first-order valence-corrected chi connectivity index (χ1v) is 4.16. The summed E-state index contributed by atoms with van der Waals surface area (Å²) < 4.78 is 0. The lowest BCUT2D eigenvalue weighted by molar-refractivity contribution is 0.316. The summed E-state index contributed by atoms with van der Waals surface area (Å²) in [6.45, 7) is 4.08. The third-order valence-corrected chi connectivity index (χ3v) is 1.52. The normalized spacial score (nSPS) is 12.7. The molecule has 0 heterocycles. The molecule has 0 amide bonds. The van der Waals surface area contributed by atoms with Crippen LogP contribution >= 0.6 is 0 Å². The van der Waals surface area contributed by atoms with Crippen LogP contribution in [0, 0.1) is 0 Å². The molecule has 0 rings (SSSR count). The summed E-state index contributed by atoms with van der Waals surface area (Å²) in [5.41, 5.74) is 0.908.